The molecule has 1 N–H and O–H groups in total. The SMILES string of the molecule is CC(C)c1cc(-c2ccccc2)cc(C(C)C)c1-n1c(-c2cc(C(C)(C)C)cc(C(C)(C)C)c2O)nc2c(-c3cccc4c3nc3c5[c-]cc6oc7ccc8ccccc8c7c6c5c5ccccc5n43)cccc21.[Pt]. The molecule has 374 valence electrons. The first-order chi connectivity index (χ1) is 35.6. The van der Waals surface area contributed by atoms with Crippen LogP contribution in [-0.4, -0.2) is 24.0 Å². The molecule has 7 heteroatoms. The zero-order chi connectivity index (χ0) is 51.1. The van der Waals surface area contributed by atoms with Gasteiger partial charge in [-0.1, -0.05) is 189 Å². The first-order valence-electron chi connectivity index (χ1n) is 26.1. The summed E-state index contributed by atoms with van der Waals surface area (Å²) in [4.78, 5) is 11.5. The Kier molecular flexibility index (Phi) is 11.3. The minimum atomic E-state index is -0.347. The van der Waals surface area contributed by atoms with Crippen molar-refractivity contribution in [2.75, 3.05) is 0 Å². The Bertz CT molecular complexity index is 4430. The molecular formula is C68H59N4O2Pt-. The molecule has 0 aliphatic rings. The van der Waals surface area contributed by atoms with Crippen LogP contribution in [0.3, 0.4) is 0 Å². The first kappa shape index (κ1) is 48.4. The van der Waals surface area contributed by atoms with Crippen molar-refractivity contribution < 1.29 is 30.6 Å². The van der Waals surface area contributed by atoms with Crippen LogP contribution in [-0.2, 0) is 31.9 Å². The maximum absolute atomic E-state index is 12.8. The predicted octanol–water partition coefficient (Wildman–Crippen LogP) is 18.5. The second kappa shape index (κ2) is 17.5. The number of fused-ring (bicyclic) bond motifs is 15. The van der Waals surface area contributed by atoms with Gasteiger partial charge < -0.3 is 13.9 Å². The van der Waals surface area contributed by atoms with E-state index in [0.717, 1.165) is 105 Å². The number of benzene rings is 9. The van der Waals surface area contributed by atoms with Crippen LogP contribution in [0.4, 0.5) is 0 Å². The number of phenols is 1. The van der Waals surface area contributed by atoms with Crippen LogP contribution >= 0.6 is 0 Å². The van der Waals surface area contributed by atoms with Crippen molar-refractivity contribution in [1.29, 1.82) is 0 Å². The van der Waals surface area contributed by atoms with E-state index in [1.165, 1.54) is 27.6 Å². The summed E-state index contributed by atoms with van der Waals surface area (Å²) in [6.45, 7) is 22.4. The van der Waals surface area contributed by atoms with Crippen LogP contribution in [0.2, 0.25) is 0 Å². The number of imidazole rings is 2. The minimum absolute atomic E-state index is 0. The molecule has 9 aromatic carbocycles. The van der Waals surface area contributed by atoms with E-state index in [1.54, 1.807) is 0 Å². The van der Waals surface area contributed by atoms with E-state index in [1.807, 2.05) is 6.07 Å². The molecule has 13 rings (SSSR count). The average molecular weight is 1160 g/mol. The van der Waals surface area contributed by atoms with Crippen LogP contribution in [0.15, 0.2) is 162 Å². The van der Waals surface area contributed by atoms with Crippen LogP contribution in [0.1, 0.15) is 103 Å². The zero-order valence-electron chi connectivity index (χ0n) is 44.1. The van der Waals surface area contributed by atoms with Crippen LogP contribution in [0, 0.1) is 6.07 Å². The molecule has 4 aromatic heterocycles. The Labute approximate surface area is 451 Å². The van der Waals surface area contributed by atoms with Crippen LogP contribution in [0.25, 0.3) is 121 Å². The number of furan rings is 1. The second-order valence-electron chi connectivity index (χ2n) is 23.0. The first-order valence-corrected chi connectivity index (χ1v) is 26.1. The summed E-state index contributed by atoms with van der Waals surface area (Å²) in [6.07, 6.45) is 0. The fourth-order valence-electron chi connectivity index (χ4n) is 11.8. The standard InChI is InChI=1S/C68H59N4O2.Pt/c1-38(2)49-34-42(40-20-12-11-13-21-40)35-50(39(3)4)63(49)72-55-29-19-26-46(62(55)70-66(72)51-36-43(67(5,6)7)37-52(64(51)73)68(8,9)10)45-25-18-28-54-61(45)69-65-48-31-33-57-60(58(48)47-24-16-17-27-53(47)71(54)65)59-44-23-15-14-22-41(44)30-32-56(59)74-57;/h11-30,32-39,73H,1-10H3;/q-1;. The van der Waals surface area contributed by atoms with Crippen molar-refractivity contribution in [1.82, 2.24) is 18.9 Å². The zero-order valence-corrected chi connectivity index (χ0v) is 46.4. The van der Waals surface area contributed by atoms with Gasteiger partial charge in [0.15, 0.2) is 0 Å². The number of hydrogen-bond donors (Lipinski definition) is 1. The maximum atomic E-state index is 12.8. The molecule has 0 fully saturated rings. The van der Waals surface area contributed by atoms with Gasteiger partial charge in [0.05, 0.1) is 44.5 Å². The molecule has 0 bridgehead atoms. The summed E-state index contributed by atoms with van der Waals surface area (Å²) in [5.74, 6) is 1.28. The van der Waals surface area contributed by atoms with Crippen molar-refractivity contribution in [2.24, 2.45) is 0 Å². The van der Waals surface area contributed by atoms with E-state index in [-0.39, 0.29) is 49.5 Å². The van der Waals surface area contributed by atoms with Gasteiger partial charge in [0.2, 0.25) is 0 Å². The van der Waals surface area contributed by atoms with Gasteiger partial charge in [-0.3, -0.25) is 9.55 Å². The number of aromatic hydroxyl groups is 1. The van der Waals surface area contributed by atoms with Gasteiger partial charge in [-0.15, -0.1) is 12.1 Å². The molecule has 0 radical (unpaired) electrons. The molecule has 0 unspecified atom stereocenters. The molecule has 6 nitrogen and oxygen atoms in total. The van der Waals surface area contributed by atoms with Gasteiger partial charge in [-0.05, 0) is 114 Å². The van der Waals surface area contributed by atoms with E-state index in [4.69, 9.17) is 14.4 Å². The summed E-state index contributed by atoms with van der Waals surface area (Å²) < 4.78 is 11.3. The van der Waals surface area contributed by atoms with Crippen molar-refractivity contribution in [3.63, 3.8) is 0 Å². The molecule has 0 aliphatic heterocycles. The molecule has 75 heavy (non-hydrogen) atoms. The van der Waals surface area contributed by atoms with Crippen molar-refractivity contribution in [3.8, 4) is 45.1 Å². The predicted molar refractivity (Wildman–Crippen MR) is 310 cm³/mol. The van der Waals surface area contributed by atoms with Crippen LogP contribution < -0.4 is 0 Å². The quantitative estimate of drug-likeness (QED) is 0.133. The van der Waals surface area contributed by atoms with Crippen molar-refractivity contribution in [2.45, 2.75) is 91.9 Å². The summed E-state index contributed by atoms with van der Waals surface area (Å²) in [5, 5.41) is 20.4. The molecule has 4 heterocycles. The van der Waals surface area contributed by atoms with Gasteiger partial charge in [-0.25, -0.2) is 4.98 Å². The minimum Gasteiger partial charge on any atom is -0.507 e. The molecule has 0 aliphatic carbocycles. The summed E-state index contributed by atoms with van der Waals surface area (Å²) in [5.41, 5.74) is 17.2. The van der Waals surface area contributed by atoms with E-state index in [2.05, 4.69) is 236 Å². The van der Waals surface area contributed by atoms with Gasteiger partial charge in [0.1, 0.15) is 17.2 Å². The molecule has 0 atom stereocenters. The van der Waals surface area contributed by atoms with Gasteiger partial charge in [0.25, 0.3) is 0 Å². The molecule has 0 amide bonds. The molecule has 0 saturated carbocycles. The number of phenolic OH excluding ortho intramolecular Hbond substituents is 1. The van der Waals surface area contributed by atoms with Gasteiger partial charge in [-0.2, -0.15) is 0 Å². The topological polar surface area (TPSA) is 68.5 Å². The van der Waals surface area contributed by atoms with Crippen molar-refractivity contribution in [3.05, 3.63) is 186 Å². The summed E-state index contributed by atoms with van der Waals surface area (Å²) >= 11 is 0. The monoisotopic (exact) mass is 1160 g/mol. The maximum Gasteiger partial charge on any atom is 0.149 e. The Morgan fingerprint density at radius 1 is 0.547 bits per heavy atom. The van der Waals surface area contributed by atoms with Crippen molar-refractivity contribution >= 4 is 82.1 Å². The summed E-state index contributed by atoms with van der Waals surface area (Å²) in [7, 11) is 0. The van der Waals surface area contributed by atoms with Gasteiger partial charge in [0, 0.05) is 48.7 Å². The van der Waals surface area contributed by atoms with E-state index in [0.29, 0.717) is 11.4 Å². The third-order valence-electron chi connectivity index (χ3n) is 15.5. The van der Waals surface area contributed by atoms with E-state index >= 15 is 0 Å². The largest absolute Gasteiger partial charge is 0.507 e. The number of aromatic nitrogens is 4. The van der Waals surface area contributed by atoms with Crippen LogP contribution in [0.5, 0.6) is 5.75 Å². The number of hydrogen-bond acceptors (Lipinski definition) is 4. The van der Waals surface area contributed by atoms with E-state index in [9.17, 15) is 5.11 Å². The molecule has 0 spiro atoms. The van der Waals surface area contributed by atoms with Gasteiger partial charge >= 0.3 is 0 Å². The number of rotatable bonds is 6. The molecule has 0 saturated heterocycles. The fraction of sp³-hybridized carbons (Fsp3) is 0.206. The normalized spacial score (nSPS) is 12.6. The Hall–Kier alpha value is -7.53. The number of nitrogens with zero attached hydrogens (tertiary/aromatic N) is 4. The second-order valence-corrected chi connectivity index (χ2v) is 23.0. The third-order valence-corrected chi connectivity index (χ3v) is 15.5. The third kappa shape index (κ3) is 7.46. The van der Waals surface area contributed by atoms with E-state index < -0.39 is 0 Å². The number of para-hydroxylation sites is 3. The molecular weight excluding hydrogens is 1100 g/mol. The Balaban J connectivity index is 0.00000569. The Morgan fingerprint density at radius 3 is 1.85 bits per heavy atom. The average Bonchev–Trinajstić information content (AvgIpc) is 4.10. The summed E-state index contributed by atoms with van der Waals surface area (Å²) in [6, 6.07) is 60.0. The Morgan fingerprint density at radius 2 is 1.17 bits per heavy atom. The fourth-order valence-corrected chi connectivity index (χ4v) is 11.8. The number of pyridine rings is 1. The molecule has 13 aromatic rings. The smallest absolute Gasteiger partial charge is 0.149 e.